The molecule has 0 aliphatic rings. The van der Waals surface area contributed by atoms with Gasteiger partial charge in [0.1, 0.15) is 0 Å². The van der Waals surface area contributed by atoms with Gasteiger partial charge in [-0.05, 0) is 31.5 Å². The maximum Gasteiger partial charge on any atom is 0.150 e. The maximum absolute atomic E-state index is 6.13. The second kappa shape index (κ2) is 4.41. The first kappa shape index (κ1) is 12.0. The van der Waals surface area contributed by atoms with E-state index in [9.17, 15) is 0 Å². The lowest BCUT2D eigenvalue weighted by Crippen LogP contribution is -2.10. The third kappa shape index (κ3) is 2.15. The van der Waals surface area contributed by atoms with Crippen molar-refractivity contribution >= 4 is 17.4 Å². The van der Waals surface area contributed by atoms with Crippen LogP contribution in [0, 0.1) is 13.8 Å². The molecule has 1 aromatic carbocycles. The smallest absolute Gasteiger partial charge is 0.150 e. The number of benzene rings is 1. The normalized spacial score (nSPS) is 10.6. The molecule has 17 heavy (non-hydrogen) atoms. The fraction of sp³-hybridized carbons (Fsp3) is 0.308. The standard InChI is InChI=1S/C13H16ClN3/c1-9-8-13(16(3)4)15-17(9)12-7-5-6-11(14)10(12)2/h5-8H,1-4H3. The summed E-state index contributed by atoms with van der Waals surface area (Å²) in [5.41, 5.74) is 3.17. The summed E-state index contributed by atoms with van der Waals surface area (Å²) in [4.78, 5) is 1.99. The predicted octanol–water partition coefficient (Wildman–Crippen LogP) is 3.21. The van der Waals surface area contributed by atoms with Crippen molar-refractivity contribution in [1.29, 1.82) is 0 Å². The van der Waals surface area contributed by atoms with Crippen LogP contribution in [0.3, 0.4) is 0 Å². The van der Waals surface area contributed by atoms with E-state index in [1.54, 1.807) is 0 Å². The van der Waals surface area contributed by atoms with Crippen LogP contribution in [0.4, 0.5) is 5.82 Å². The number of hydrogen-bond acceptors (Lipinski definition) is 2. The van der Waals surface area contributed by atoms with E-state index in [1.165, 1.54) is 0 Å². The van der Waals surface area contributed by atoms with Crippen LogP contribution in [0.15, 0.2) is 24.3 Å². The highest BCUT2D eigenvalue weighted by atomic mass is 35.5. The van der Waals surface area contributed by atoms with Crippen LogP contribution in [-0.2, 0) is 0 Å². The minimum Gasteiger partial charge on any atom is -0.361 e. The average Bonchev–Trinajstić information content (AvgIpc) is 2.65. The highest BCUT2D eigenvalue weighted by Crippen LogP contribution is 2.24. The summed E-state index contributed by atoms with van der Waals surface area (Å²) in [6.45, 7) is 4.05. The second-order valence-electron chi connectivity index (χ2n) is 4.33. The van der Waals surface area contributed by atoms with Crippen molar-refractivity contribution in [3.8, 4) is 5.69 Å². The fourth-order valence-corrected chi connectivity index (χ4v) is 1.92. The summed E-state index contributed by atoms with van der Waals surface area (Å²) in [5, 5.41) is 5.33. The highest BCUT2D eigenvalue weighted by molar-refractivity contribution is 6.31. The molecule has 0 aliphatic carbocycles. The molecule has 0 bridgehead atoms. The van der Waals surface area contributed by atoms with Crippen molar-refractivity contribution in [3.63, 3.8) is 0 Å². The largest absolute Gasteiger partial charge is 0.361 e. The van der Waals surface area contributed by atoms with Gasteiger partial charge in [0, 0.05) is 30.9 Å². The SMILES string of the molecule is Cc1c(Cl)cccc1-n1nc(N(C)C)cc1C. The molecule has 1 aromatic heterocycles. The average molecular weight is 250 g/mol. The molecule has 0 spiro atoms. The van der Waals surface area contributed by atoms with Crippen molar-refractivity contribution in [3.05, 3.63) is 40.5 Å². The van der Waals surface area contributed by atoms with E-state index < -0.39 is 0 Å². The van der Waals surface area contributed by atoms with Crippen LogP contribution in [0.25, 0.3) is 5.69 Å². The first-order valence-corrected chi connectivity index (χ1v) is 5.88. The molecule has 0 atom stereocenters. The predicted molar refractivity (Wildman–Crippen MR) is 72.4 cm³/mol. The Kier molecular flexibility index (Phi) is 3.11. The van der Waals surface area contributed by atoms with Gasteiger partial charge >= 0.3 is 0 Å². The summed E-state index contributed by atoms with van der Waals surface area (Å²) in [5.74, 6) is 0.946. The molecular weight excluding hydrogens is 234 g/mol. The number of aromatic nitrogens is 2. The fourth-order valence-electron chi connectivity index (χ4n) is 1.75. The van der Waals surface area contributed by atoms with Gasteiger partial charge in [0.2, 0.25) is 0 Å². The van der Waals surface area contributed by atoms with E-state index in [4.69, 9.17) is 11.6 Å². The van der Waals surface area contributed by atoms with Crippen molar-refractivity contribution in [2.45, 2.75) is 13.8 Å². The van der Waals surface area contributed by atoms with Gasteiger partial charge < -0.3 is 4.90 Å². The Balaban J connectivity index is 2.57. The zero-order valence-corrected chi connectivity index (χ0v) is 11.3. The van der Waals surface area contributed by atoms with Crippen LogP contribution in [0.2, 0.25) is 5.02 Å². The van der Waals surface area contributed by atoms with Gasteiger partial charge in [-0.1, -0.05) is 17.7 Å². The van der Waals surface area contributed by atoms with Gasteiger partial charge in [-0.25, -0.2) is 4.68 Å². The minimum absolute atomic E-state index is 0.767. The Labute approximate surface area is 107 Å². The van der Waals surface area contributed by atoms with Crippen molar-refractivity contribution in [1.82, 2.24) is 9.78 Å². The van der Waals surface area contributed by atoms with Crippen molar-refractivity contribution < 1.29 is 0 Å². The number of rotatable bonds is 2. The van der Waals surface area contributed by atoms with Gasteiger partial charge in [-0.3, -0.25) is 0 Å². The lowest BCUT2D eigenvalue weighted by Gasteiger charge is -2.10. The Morgan fingerprint density at radius 3 is 2.53 bits per heavy atom. The molecule has 0 fully saturated rings. The van der Waals surface area contributed by atoms with E-state index in [1.807, 2.05) is 55.7 Å². The van der Waals surface area contributed by atoms with Crippen LogP contribution < -0.4 is 4.90 Å². The van der Waals surface area contributed by atoms with Crippen molar-refractivity contribution in [2.75, 3.05) is 19.0 Å². The summed E-state index contributed by atoms with van der Waals surface area (Å²) < 4.78 is 1.93. The van der Waals surface area contributed by atoms with E-state index in [0.29, 0.717) is 0 Å². The molecule has 2 aromatic rings. The molecule has 90 valence electrons. The van der Waals surface area contributed by atoms with Crippen LogP contribution in [0.5, 0.6) is 0 Å². The quantitative estimate of drug-likeness (QED) is 0.815. The zero-order valence-electron chi connectivity index (χ0n) is 10.5. The molecule has 0 unspecified atom stereocenters. The van der Waals surface area contributed by atoms with Gasteiger partial charge in [0.15, 0.2) is 5.82 Å². The Bertz CT molecular complexity index is 544. The summed E-state index contributed by atoms with van der Waals surface area (Å²) in [6, 6.07) is 7.92. The second-order valence-corrected chi connectivity index (χ2v) is 4.74. The molecule has 0 radical (unpaired) electrons. The monoisotopic (exact) mass is 249 g/mol. The Morgan fingerprint density at radius 1 is 1.24 bits per heavy atom. The number of halogens is 1. The van der Waals surface area contributed by atoms with E-state index >= 15 is 0 Å². The van der Waals surface area contributed by atoms with Crippen molar-refractivity contribution in [2.24, 2.45) is 0 Å². The molecule has 0 amide bonds. The molecular formula is C13H16ClN3. The van der Waals surface area contributed by atoms with E-state index in [2.05, 4.69) is 11.2 Å². The molecule has 3 nitrogen and oxygen atoms in total. The number of anilines is 1. The lowest BCUT2D eigenvalue weighted by molar-refractivity contribution is 0.831. The number of aryl methyl sites for hydroxylation is 1. The Hall–Kier alpha value is -1.48. The lowest BCUT2D eigenvalue weighted by atomic mass is 10.2. The van der Waals surface area contributed by atoms with E-state index in [-0.39, 0.29) is 0 Å². The maximum atomic E-state index is 6.13. The topological polar surface area (TPSA) is 21.1 Å². The Morgan fingerprint density at radius 2 is 1.94 bits per heavy atom. The molecule has 4 heteroatoms. The van der Waals surface area contributed by atoms with Gasteiger partial charge in [-0.2, -0.15) is 5.10 Å². The summed E-state index contributed by atoms with van der Waals surface area (Å²) >= 11 is 6.13. The zero-order chi connectivity index (χ0) is 12.6. The van der Waals surface area contributed by atoms with E-state index in [0.717, 1.165) is 27.8 Å². The molecule has 2 rings (SSSR count). The van der Waals surface area contributed by atoms with Gasteiger partial charge in [0.25, 0.3) is 0 Å². The highest BCUT2D eigenvalue weighted by Gasteiger charge is 2.10. The van der Waals surface area contributed by atoms with Crippen LogP contribution in [0.1, 0.15) is 11.3 Å². The molecule has 0 saturated carbocycles. The summed E-state index contributed by atoms with van der Waals surface area (Å²) in [7, 11) is 3.97. The van der Waals surface area contributed by atoms with Crippen LogP contribution >= 0.6 is 11.6 Å². The number of nitrogens with zero attached hydrogens (tertiary/aromatic N) is 3. The molecule has 0 saturated heterocycles. The minimum atomic E-state index is 0.767. The third-order valence-electron chi connectivity index (χ3n) is 2.80. The van der Waals surface area contributed by atoms with Gasteiger partial charge in [-0.15, -0.1) is 0 Å². The first-order chi connectivity index (χ1) is 8.00. The van der Waals surface area contributed by atoms with Crippen LogP contribution in [-0.4, -0.2) is 23.9 Å². The molecule has 0 N–H and O–H groups in total. The molecule has 1 heterocycles. The third-order valence-corrected chi connectivity index (χ3v) is 3.21. The number of hydrogen-bond donors (Lipinski definition) is 0. The first-order valence-electron chi connectivity index (χ1n) is 5.50. The molecule has 0 aliphatic heterocycles. The summed E-state index contributed by atoms with van der Waals surface area (Å²) in [6.07, 6.45) is 0. The van der Waals surface area contributed by atoms with Gasteiger partial charge in [0.05, 0.1) is 5.69 Å².